The lowest BCUT2D eigenvalue weighted by molar-refractivity contribution is -0.366. The summed E-state index contributed by atoms with van der Waals surface area (Å²) in [5.74, 6) is -1.13. The fraction of sp³-hybridized carbons (Fsp3) is 0.375. The van der Waals surface area contributed by atoms with Crippen LogP contribution in [-0.4, -0.2) is 42.6 Å². The number of hydrogen-bond acceptors (Lipinski definition) is 6. The summed E-state index contributed by atoms with van der Waals surface area (Å²) in [5, 5.41) is 8.99. The summed E-state index contributed by atoms with van der Waals surface area (Å²) in [6.07, 6.45) is -0.401. The molecular formula is C16H20N2O6. The molecule has 24 heavy (non-hydrogen) atoms. The van der Waals surface area contributed by atoms with E-state index in [9.17, 15) is 4.79 Å². The number of methoxy groups -OCH3 is 3. The molecule has 0 amide bonds. The fourth-order valence-corrected chi connectivity index (χ4v) is 2.38. The van der Waals surface area contributed by atoms with Crippen LogP contribution in [0.4, 0.5) is 4.79 Å². The summed E-state index contributed by atoms with van der Waals surface area (Å²) in [4.78, 5) is 18.2. The van der Waals surface area contributed by atoms with Crippen LogP contribution < -0.4 is 0 Å². The van der Waals surface area contributed by atoms with E-state index in [0.717, 1.165) is 5.56 Å². The van der Waals surface area contributed by atoms with Crippen LogP contribution in [0.3, 0.4) is 0 Å². The highest BCUT2D eigenvalue weighted by Gasteiger charge is 2.35. The van der Waals surface area contributed by atoms with Crippen molar-refractivity contribution in [1.29, 1.82) is 0 Å². The van der Waals surface area contributed by atoms with Crippen molar-refractivity contribution >= 4 is 6.16 Å². The third kappa shape index (κ3) is 3.91. The summed E-state index contributed by atoms with van der Waals surface area (Å²) >= 11 is 0. The van der Waals surface area contributed by atoms with Gasteiger partial charge in [-0.15, -0.1) is 0 Å². The van der Waals surface area contributed by atoms with Gasteiger partial charge in [0.05, 0.1) is 6.20 Å². The first kappa shape index (κ1) is 17.9. The van der Waals surface area contributed by atoms with Crippen molar-refractivity contribution in [3.63, 3.8) is 0 Å². The molecule has 0 fully saturated rings. The first-order valence-corrected chi connectivity index (χ1v) is 7.19. The van der Waals surface area contributed by atoms with Crippen LogP contribution in [0.25, 0.3) is 0 Å². The Morgan fingerprint density at radius 1 is 1.21 bits per heavy atom. The smallest absolute Gasteiger partial charge is 0.450 e. The van der Waals surface area contributed by atoms with Crippen LogP contribution in [-0.2, 0) is 31.3 Å². The minimum absolute atomic E-state index is 0.326. The van der Waals surface area contributed by atoms with Crippen molar-refractivity contribution in [2.24, 2.45) is 0 Å². The van der Waals surface area contributed by atoms with Gasteiger partial charge in [-0.2, -0.15) is 0 Å². The minimum Gasteiger partial charge on any atom is -0.450 e. The lowest BCUT2D eigenvalue weighted by Gasteiger charge is -2.27. The molecule has 8 nitrogen and oxygen atoms in total. The molecule has 2 aromatic rings. The first-order valence-electron chi connectivity index (χ1n) is 7.19. The Bertz CT molecular complexity index is 645. The SMILES string of the molecule is COC(OC)(OC)c1cnc(C(Cc2ccccc2)OC(=O)O)[nH]1. The van der Waals surface area contributed by atoms with E-state index in [2.05, 4.69) is 9.97 Å². The van der Waals surface area contributed by atoms with Crippen LogP contribution in [0.2, 0.25) is 0 Å². The van der Waals surface area contributed by atoms with Gasteiger partial charge in [0.2, 0.25) is 0 Å². The topological polar surface area (TPSA) is 103 Å². The summed E-state index contributed by atoms with van der Waals surface area (Å²) in [6.45, 7) is 0. The molecule has 0 radical (unpaired) electrons. The number of benzene rings is 1. The van der Waals surface area contributed by atoms with Gasteiger partial charge in [-0.3, -0.25) is 0 Å². The molecule has 2 rings (SSSR count). The zero-order valence-corrected chi connectivity index (χ0v) is 13.7. The lowest BCUT2D eigenvalue weighted by Crippen LogP contribution is -2.33. The molecule has 1 aromatic heterocycles. The summed E-state index contributed by atoms with van der Waals surface area (Å²) in [5.41, 5.74) is 1.30. The molecule has 0 saturated heterocycles. The minimum atomic E-state index is -1.45. The number of nitrogens with one attached hydrogen (secondary N) is 1. The van der Waals surface area contributed by atoms with Gasteiger partial charge in [0.15, 0.2) is 6.10 Å². The van der Waals surface area contributed by atoms with Crippen LogP contribution in [0.15, 0.2) is 36.5 Å². The van der Waals surface area contributed by atoms with E-state index in [-0.39, 0.29) is 0 Å². The Morgan fingerprint density at radius 3 is 2.38 bits per heavy atom. The Balaban J connectivity index is 2.29. The number of imidazole rings is 1. The highest BCUT2D eigenvalue weighted by molar-refractivity contribution is 5.57. The van der Waals surface area contributed by atoms with Crippen LogP contribution in [0, 0.1) is 0 Å². The number of aromatic amines is 1. The Kier molecular flexibility index (Phi) is 5.91. The molecule has 0 aliphatic carbocycles. The lowest BCUT2D eigenvalue weighted by atomic mass is 10.1. The molecule has 0 bridgehead atoms. The standard InChI is InChI=1S/C16H20N2O6/c1-21-16(22-2,23-3)13-10-17-14(18-13)12(24-15(19)20)9-11-7-5-4-6-8-11/h4-8,10,12H,9H2,1-3H3,(H,17,18)(H,19,20). The molecule has 1 aromatic carbocycles. The molecule has 130 valence electrons. The molecule has 1 heterocycles. The van der Waals surface area contributed by atoms with Crippen LogP contribution in [0.1, 0.15) is 23.2 Å². The van der Waals surface area contributed by atoms with Crippen LogP contribution >= 0.6 is 0 Å². The molecule has 0 aliphatic rings. The van der Waals surface area contributed by atoms with E-state index < -0.39 is 18.2 Å². The van der Waals surface area contributed by atoms with E-state index in [1.165, 1.54) is 27.5 Å². The molecule has 2 N–H and O–H groups in total. The second kappa shape index (κ2) is 7.91. The van der Waals surface area contributed by atoms with Gasteiger partial charge in [-0.1, -0.05) is 30.3 Å². The molecule has 8 heteroatoms. The average molecular weight is 336 g/mol. The van der Waals surface area contributed by atoms with E-state index in [0.29, 0.717) is 17.9 Å². The maximum Gasteiger partial charge on any atom is 0.506 e. The zero-order chi connectivity index (χ0) is 17.6. The number of aromatic nitrogens is 2. The van der Waals surface area contributed by atoms with Crippen molar-refractivity contribution in [1.82, 2.24) is 9.97 Å². The molecule has 1 atom stereocenters. The fourth-order valence-electron chi connectivity index (χ4n) is 2.38. The molecule has 0 aliphatic heterocycles. The maximum absolute atomic E-state index is 11.0. The molecular weight excluding hydrogens is 316 g/mol. The van der Waals surface area contributed by atoms with Gasteiger partial charge in [-0.05, 0) is 5.56 Å². The number of H-pyrrole nitrogens is 1. The first-order chi connectivity index (χ1) is 11.5. The third-order valence-corrected chi connectivity index (χ3v) is 3.54. The van der Waals surface area contributed by atoms with Gasteiger partial charge in [0, 0.05) is 27.8 Å². The van der Waals surface area contributed by atoms with Gasteiger partial charge < -0.3 is 29.0 Å². The molecule has 0 saturated carbocycles. The van der Waals surface area contributed by atoms with E-state index in [4.69, 9.17) is 24.1 Å². The summed E-state index contributed by atoms with van der Waals surface area (Å²) < 4.78 is 20.7. The van der Waals surface area contributed by atoms with Gasteiger partial charge in [0.1, 0.15) is 11.5 Å². The van der Waals surface area contributed by atoms with Gasteiger partial charge in [0.25, 0.3) is 0 Å². The van der Waals surface area contributed by atoms with Crippen molar-refractivity contribution in [3.05, 3.63) is 53.6 Å². The maximum atomic E-state index is 11.0. The monoisotopic (exact) mass is 336 g/mol. The Labute approximate surface area is 139 Å². The molecule has 1 unspecified atom stereocenters. The predicted molar refractivity (Wildman–Crippen MR) is 83.3 cm³/mol. The highest BCUT2D eigenvalue weighted by Crippen LogP contribution is 2.28. The van der Waals surface area contributed by atoms with Crippen molar-refractivity contribution in [3.8, 4) is 0 Å². The van der Waals surface area contributed by atoms with E-state index in [1.807, 2.05) is 30.3 Å². The number of hydrogen-bond donors (Lipinski definition) is 2. The van der Waals surface area contributed by atoms with Crippen molar-refractivity contribution in [2.75, 3.05) is 21.3 Å². The number of ether oxygens (including phenoxy) is 4. The molecule has 0 spiro atoms. The van der Waals surface area contributed by atoms with E-state index >= 15 is 0 Å². The van der Waals surface area contributed by atoms with E-state index in [1.54, 1.807) is 0 Å². The quantitative estimate of drug-likeness (QED) is 0.563. The van der Waals surface area contributed by atoms with Gasteiger partial charge >= 0.3 is 12.1 Å². The largest absolute Gasteiger partial charge is 0.506 e. The number of carbonyl (C=O) groups is 1. The average Bonchev–Trinajstić information content (AvgIpc) is 3.08. The zero-order valence-electron chi connectivity index (χ0n) is 13.7. The normalized spacial score (nSPS) is 12.8. The Hall–Kier alpha value is -2.42. The third-order valence-electron chi connectivity index (χ3n) is 3.54. The Morgan fingerprint density at radius 2 is 1.83 bits per heavy atom. The van der Waals surface area contributed by atoms with Crippen LogP contribution in [0.5, 0.6) is 0 Å². The second-order valence-electron chi connectivity index (χ2n) is 4.91. The summed E-state index contributed by atoms with van der Waals surface area (Å²) in [7, 11) is 4.26. The number of rotatable bonds is 8. The number of carboxylic acid groups (broad SMARTS) is 1. The predicted octanol–water partition coefficient (Wildman–Crippen LogP) is 2.44. The van der Waals surface area contributed by atoms with Gasteiger partial charge in [-0.25, -0.2) is 9.78 Å². The highest BCUT2D eigenvalue weighted by atomic mass is 16.9. The van der Waals surface area contributed by atoms with Crippen molar-refractivity contribution < 1.29 is 28.8 Å². The summed E-state index contributed by atoms with van der Waals surface area (Å²) in [6, 6.07) is 9.38. The second-order valence-corrected chi connectivity index (χ2v) is 4.91. The van der Waals surface area contributed by atoms with Crippen molar-refractivity contribution in [2.45, 2.75) is 18.5 Å². The number of nitrogens with zero attached hydrogens (tertiary/aromatic N) is 1.